The van der Waals surface area contributed by atoms with Gasteiger partial charge < -0.3 is 10.2 Å². The number of aryl methyl sites for hydroxylation is 1. The predicted molar refractivity (Wildman–Crippen MR) is 69.4 cm³/mol. The smallest absolute Gasteiger partial charge is 0.0908 e. The minimum absolute atomic E-state index is 1.08. The number of thiazole rings is 1. The highest BCUT2D eigenvalue weighted by molar-refractivity contribution is 7.19. The summed E-state index contributed by atoms with van der Waals surface area (Å²) in [4.78, 5) is 7.00. The number of benzene rings is 1. The van der Waals surface area contributed by atoms with Gasteiger partial charge in [-0.25, -0.2) is 4.98 Å². The Hall–Kier alpha value is -1.13. The molecule has 0 atom stereocenters. The third-order valence-electron chi connectivity index (χ3n) is 2.96. The Morgan fingerprint density at radius 1 is 1.31 bits per heavy atom. The molecule has 0 radical (unpaired) electrons. The van der Waals surface area contributed by atoms with Gasteiger partial charge in [-0.15, -0.1) is 11.3 Å². The van der Waals surface area contributed by atoms with Gasteiger partial charge in [0.1, 0.15) is 0 Å². The summed E-state index contributed by atoms with van der Waals surface area (Å²) < 4.78 is 1.34. The number of aromatic nitrogens is 1. The van der Waals surface area contributed by atoms with E-state index in [2.05, 4.69) is 40.3 Å². The molecule has 0 bridgehead atoms. The molecule has 1 N–H and O–H groups in total. The van der Waals surface area contributed by atoms with E-state index in [4.69, 9.17) is 0 Å². The van der Waals surface area contributed by atoms with Crippen LogP contribution in [-0.4, -0.2) is 31.2 Å². The average molecular weight is 233 g/mol. The highest BCUT2D eigenvalue weighted by Crippen LogP contribution is 2.31. The van der Waals surface area contributed by atoms with Gasteiger partial charge in [-0.3, -0.25) is 0 Å². The van der Waals surface area contributed by atoms with Crippen LogP contribution in [0.4, 0.5) is 5.69 Å². The fourth-order valence-corrected chi connectivity index (χ4v) is 3.16. The van der Waals surface area contributed by atoms with Crippen molar-refractivity contribution < 1.29 is 0 Å². The second kappa shape index (κ2) is 4.03. The van der Waals surface area contributed by atoms with E-state index in [1.165, 1.54) is 10.4 Å². The number of anilines is 1. The van der Waals surface area contributed by atoms with Crippen molar-refractivity contribution in [3.63, 3.8) is 0 Å². The van der Waals surface area contributed by atoms with Gasteiger partial charge >= 0.3 is 0 Å². The summed E-state index contributed by atoms with van der Waals surface area (Å²) in [5.74, 6) is 0. The van der Waals surface area contributed by atoms with Gasteiger partial charge in [0.2, 0.25) is 0 Å². The molecule has 0 spiro atoms. The van der Waals surface area contributed by atoms with E-state index in [9.17, 15) is 0 Å². The van der Waals surface area contributed by atoms with Crippen LogP contribution in [0.2, 0.25) is 0 Å². The van der Waals surface area contributed by atoms with Crippen LogP contribution in [0.15, 0.2) is 18.2 Å². The Morgan fingerprint density at radius 3 is 2.94 bits per heavy atom. The molecule has 1 aromatic carbocycles. The summed E-state index contributed by atoms with van der Waals surface area (Å²) >= 11 is 1.80. The molecule has 1 fully saturated rings. The molecule has 3 rings (SSSR count). The Morgan fingerprint density at radius 2 is 2.12 bits per heavy atom. The van der Waals surface area contributed by atoms with Crippen LogP contribution in [0, 0.1) is 6.92 Å². The maximum absolute atomic E-state index is 4.54. The summed E-state index contributed by atoms with van der Waals surface area (Å²) in [6.45, 7) is 6.42. The van der Waals surface area contributed by atoms with Crippen LogP contribution in [0.25, 0.3) is 10.2 Å². The first-order chi connectivity index (χ1) is 7.84. The summed E-state index contributed by atoms with van der Waals surface area (Å²) in [6.07, 6.45) is 0. The molecular formula is C12H15N3S. The topological polar surface area (TPSA) is 28.2 Å². The molecule has 84 valence electrons. The number of fused-ring (bicyclic) bond motifs is 1. The molecule has 2 heterocycles. The number of hydrogen-bond donors (Lipinski definition) is 1. The van der Waals surface area contributed by atoms with E-state index < -0.39 is 0 Å². The highest BCUT2D eigenvalue weighted by Gasteiger charge is 2.14. The quantitative estimate of drug-likeness (QED) is 0.816. The van der Waals surface area contributed by atoms with Gasteiger partial charge in [-0.2, -0.15) is 0 Å². The molecular weight excluding hydrogens is 218 g/mol. The van der Waals surface area contributed by atoms with Crippen molar-refractivity contribution in [2.75, 3.05) is 31.1 Å². The molecule has 0 aliphatic carbocycles. The van der Waals surface area contributed by atoms with Crippen molar-refractivity contribution in [2.24, 2.45) is 0 Å². The van der Waals surface area contributed by atoms with Crippen LogP contribution in [-0.2, 0) is 0 Å². The minimum atomic E-state index is 1.08. The first kappa shape index (κ1) is 10.1. The minimum Gasteiger partial charge on any atom is -0.368 e. The lowest BCUT2D eigenvalue weighted by Gasteiger charge is -2.29. The van der Waals surface area contributed by atoms with E-state index in [0.29, 0.717) is 0 Å². The molecule has 3 nitrogen and oxygen atoms in total. The van der Waals surface area contributed by atoms with Crippen molar-refractivity contribution in [1.29, 1.82) is 0 Å². The van der Waals surface area contributed by atoms with Crippen molar-refractivity contribution in [2.45, 2.75) is 6.92 Å². The first-order valence-electron chi connectivity index (χ1n) is 5.66. The van der Waals surface area contributed by atoms with Crippen molar-refractivity contribution >= 4 is 27.2 Å². The predicted octanol–water partition coefficient (Wildman–Crippen LogP) is 2.01. The normalized spacial score (nSPS) is 16.9. The Balaban J connectivity index is 2.07. The maximum Gasteiger partial charge on any atom is 0.0908 e. The molecule has 0 saturated carbocycles. The SMILES string of the molecule is Cc1nc2cccc(N3CCNCC3)c2s1. The Labute approximate surface area is 99.1 Å². The van der Waals surface area contributed by atoms with Gasteiger partial charge in [0, 0.05) is 26.2 Å². The molecule has 0 amide bonds. The van der Waals surface area contributed by atoms with E-state index in [1.54, 1.807) is 11.3 Å². The fourth-order valence-electron chi connectivity index (χ4n) is 2.20. The van der Waals surface area contributed by atoms with Gasteiger partial charge in [-0.05, 0) is 19.1 Å². The van der Waals surface area contributed by atoms with E-state index in [-0.39, 0.29) is 0 Å². The summed E-state index contributed by atoms with van der Waals surface area (Å²) in [7, 11) is 0. The molecule has 1 saturated heterocycles. The highest BCUT2D eigenvalue weighted by atomic mass is 32.1. The van der Waals surface area contributed by atoms with Crippen LogP contribution in [0.3, 0.4) is 0 Å². The number of nitrogens with one attached hydrogen (secondary N) is 1. The lowest BCUT2D eigenvalue weighted by molar-refractivity contribution is 0.590. The maximum atomic E-state index is 4.54. The number of rotatable bonds is 1. The molecule has 1 aromatic heterocycles. The molecule has 1 aliphatic heterocycles. The lowest BCUT2D eigenvalue weighted by Crippen LogP contribution is -2.43. The van der Waals surface area contributed by atoms with Crippen molar-refractivity contribution in [1.82, 2.24) is 10.3 Å². The van der Waals surface area contributed by atoms with Crippen molar-refractivity contribution in [3.8, 4) is 0 Å². The third kappa shape index (κ3) is 1.68. The second-order valence-electron chi connectivity index (χ2n) is 4.10. The number of hydrogen-bond acceptors (Lipinski definition) is 4. The Bertz CT molecular complexity index is 500. The van der Waals surface area contributed by atoms with E-state index in [0.717, 1.165) is 36.7 Å². The van der Waals surface area contributed by atoms with Crippen LogP contribution >= 0.6 is 11.3 Å². The molecule has 1 aliphatic rings. The van der Waals surface area contributed by atoms with E-state index >= 15 is 0 Å². The standard InChI is InChI=1S/C12H15N3S/c1-9-14-10-3-2-4-11(12(10)16-9)15-7-5-13-6-8-15/h2-4,13H,5-8H2,1H3. The first-order valence-corrected chi connectivity index (χ1v) is 6.48. The molecule has 2 aromatic rings. The van der Waals surface area contributed by atoms with Gasteiger partial charge in [-0.1, -0.05) is 6.07 Å². The molecule has 16 heavy (non-hydrogen) atoms. The van der Waals surface area contributed by atoms with Crippen molar-refractivity contribution in [3.05, 3.63) is 23.2 Å². The summed E-state index contributed by atoms with van der Waals surface area (Å²) in [6, 6.07) is 6.43. The number of piperazine rings is 1. The zero-order chi connectivity index (χ0) is 11.0. The molecule has 0 unspecified atom stereocenters. The van der Waals surface area contributed by atoms with Crippen LogP contribution in [0.1, 0.15) is 5.01 Å². The summed E-state index contributed by atoms with van der Waals surface area (Å²) in [5, 5.41) is 4.53. The lowest BCUT2D eigenvalue weighted by atomic mass is 10.2. The van der Waals surface area contributed by atoms with Gasteiger partial charge in [0.15, 0.2) is 0 Å². The largest absolute Gasteiger partial charge is 0.368 e. The number of nitrogens with zero attached hydrogens (tertiary/aromatic N) is 2. The monoisotopic (exact) mass is 233 g/mol. The van der Waals surface area contributed by atoms with Gasteiger partial charge in [0.05, 0.1) is 20.9 Å². The average Bonchev–Trinajstić information content (AvgIpc) is 2.70. The second-order valence-corrected chi connectivity index (χ2v) is 5.30. The zero-order valence-corrected chi connectivity index (χ0v) is 10.2. The van der Waals surface area contributed by atoms with E-state index in [1.807, 2.05) is 0 Å². The zero-order valence-electron chi connectivity index (χ0n) is 9.36. The van der Waals surface area contributed by atoms with Crippen LogP contribution in [0.5, 0.6) is 0 Å². The third-order valence-corrected chi connectivity index (χ3v) is 3.97. The fraction of sp³-hybridized carbons (Fsp3) is 0.417. The Kier molecular flexibility index (Phi) is 2.53. The van der Waals surface area contributed by atoms with Gasteiger partial charge in [0.25, 0.3) is 0 Å². The van der Waals surface area contributed by atoms with Crippen LogP contribution < -0.4 is 10.2 Å². The molecule has 4 heteroatoms. The summed E-state index contributed by atoms with van der Waals surface area (Å²) in [5.41, 5.74) is 2.49.